The van der Waals surface area contributed by atoms with Crippen LogP contribution in [0.25, 0.3) is 0 Å². The molecular weight excluding hydrogens is 156 g/mol. The largest absolute Gasteiger partial charge is 0.381 e. The monoisotopic (exact) mass is 173 g/mol. The Hall–Kier alpha value is 0.310. The molecule has 1 saturated heterocycles. The van der Waals surface area contributed by atoms with E-state index < -0.39 is 0 Å². The third-order valence-electron chi connectivity index (χ3n) is 1.78. The molecule has 2 heteroatoms. The van der Waals surface area contributed by atoms with Crippen molar-refractivity contribution in [2.75, 3.05) is 19.0 Å². The molecule has 0 N–H and O–H groups in total. The van der Waals surface area contributed by atoms with E-state index in [2.05, 4.69) is 25.6 Å². The molecule has 0 aliphatic carbocycles. The smallest absolute Gasteiger partial charge is 0.0476 e. The van der Waals surface area contributed by atoms with E-state index in [9.17, 15) is 0 Å². The summed E-state index contributed by atoms with van der Waals surface area (Å²) in [4.78, 5) is 0. The molecule has 1 heterocycles. The van der Waals surface area contributed by atoms with Gasteiger partial charge in [0.2, 0.25) is 0 Å². The highest BCUT2D eigenvalue weighted by Gasteiger charge is 2.13. The van der Waals surface area contributed by atoms with Crippen molar-refractivity contribution in [2.45, 2.75) is 31.9 Å². The molecule has 0 saturated carbocycles. The Labute approximate surface area is 73.9 Å². The first kappa shape index (κ1) is 9.40. The van der Waals surface area contributed by atoms with Crippen LogP contribution < -0.4 is 0 Å². The summed E-state index contributed by atoms with van der Waals surface area (Å²) in [5, 5.41) is 0.860. The summed E-state index contributed by atoms with van der Waals surface area (Å²) in [7, 11) is 0. The van der Waals surface area contributed by atoms with Crippen molar-refractivity contribution in [3.8, 4) is 0 Å². The zero-order chi connectivity index (χ0) is 8.10. The SMILES string of the molecule is C[C](C)CSC1CCOCC1. The molecule has 1 radical (unpaired) electrons. The first-order valence-corrected chi connectivity index (χ1v) is 5.32. The number of hydrogen-bond acceptors (Lipinski definition) is 2. The van der Waals surface area contributed by atoms with Crippen LogP contribution in [0.1, 0.15) is 26.7 Å². The second-order valence-electron chi connectivity index (χ2n) is 3.33. The fraction of sp³-hybridized carbons (Fsp3) is 0.889. The van der Waals surface area contributed by atoms with E-state index in [0.29, 0.717) is 0 Å². The van der Waals surface area contributed by atoms with Crippen molar-refractivity contribution in [1.82, 2.24) is 0 Å². The van der Waals surface area contributed by atoms with Gasteiger partial charge in [-0.1, -0.05) is 13.8 Å². The number of thioether (sulfide) groups is 1. The summed E-state index contributed by atoms with van der Waals surface area (Å²) in [5.41, 5.74) is 0. The van der Waals surface area contributed by atoms with E-state index in [0.717, 1.165) is 18.5 Å². The summed E-state index contributed by atoms with van der Waals surface area (Å²) < 4.78 is 5.29. The molecule has 0 spiro atoms. The van der Waals surface area contributed by atoms with Crippen LogP contribution in [-0.2, 0) is 4.74 Å². The van der Waals surface area contributed by atoms with Gasteiger partial charge in [-0.05, 0) is 24.5 Å². The van der Waals surface area contributed by atoms with E-state index in [1.165, 1.54) is 24.5 Å². The van der Waals surface area contributed by atoms with Gasteiger partial charge in [0.05, 0.1) is 0 Å². The quantitative estimate of drug-likeness (QED) is 0.648. The maximum absolute atomic E-state index is 5.29. The molecule has 1 rings (SSSR count). The summed E-state index contributed by atoms with van der Waals surface area (Å²) in [6, 6.07) is 0. The molecule has 0 aromatic carbocycles. The van der Waals surface area contributed by atoms with Crippen molar-refractivity contribution >= 4 is 11.8 Å². The molecule has 1 nitrogen and oxygen atoms in total. The standard InChI is InChI=1S/C9H17OS/c1-8(2)7-11-9-3-5-10-6-4-9/h9H,3-7H2,1-2H3. The zero-order valence-electron chi connectivity index (χ0n) is 7.43. The van der Waals surface area contributed by atoms with Gasteiger partial charge in [-0.3, -0.25) is 0 Å². The highest BCUT2D eigenvalue weighted by molar-refractivity contribution is 8.00. The first-order valence-electron chi connectivity index (χ1n) is 4.27. The highest BCUT2D eigenvalue weighted by atomic mass is 32.2. The van der Waals surface area contributed by atoms with Crippen molar-refractivity contribution in [3.63, 3.8) is 0 Å². The fourth-order valence-electron chi connectivity index (χ4n) is 1.13. The van der Waals surface area contributed by atoms with E-state index in [-0.39, 0.29) is 0 Å². The van der Waals surface area contributed by atoms with Crippen molar-refractivity contribution in [1.29, 1.82) is 0 Å². The number of hydrogen-bond donors (Lipinski definition) is 0. The predicted octanol–water partition coefficient (Wildman–Crippen LogP) is 2.51. The molecule has 11 heavy (non-hydrogen) atoms. The van der Waals surface area contributed by atoms with Crippen LogP contribution in [0.15, 0.2) is 0 Å². The van der Waals surface area contributed by atoms with E-state index in [1.807, 2.05) is 0 Å². The lowest BCUT2D eigenvalue weighted by Crippen LogP contribution is -2.18. The lowest BCUT2D eigenvalue weighted by molar-refractivity contribution is 0.100. The van der Waals surface area contributed by atoms with Crippen LogP contribution in [0.2, 0.25) is 0 Å². The molecule has 0 atom stereocenters. The summed E-state index contributed by atoms with van der Waals surface area (Å²) in [6.45, 7) is 6.35. The van der Waals surface area contributed by atoms with Crippen molar-refractivity contribution < 1.29 is 4.74 Å². The molecule has 0 aromatic rings. The second-order valence-corrected chi connectivity index (χ2v) is 4.62. The van der Waals surface area contributed by atoms with Gasteiger partial charge in [0.1, 0.15) is 0 Å². The van der Waals surface area contributed by atoms with Crippen LogP contribution in [0.5, 0.6) is 0 Å². The average molecular weight is 173 g/mol. The average Bonchev–Trinajstić information content (AvgIpc) is 2.03. The Balaban J connectivity index is 2.05. The normalized spacial score (nSPS) is 21.0. The third kappa shape index (κ3) is 4.02. The Morgan fingerprint density at radius 2 is 2.00 bits per heavy atom. The lowest BCUT2D eigenvalue weighted by atomic mass is 10.2. The van der Waals surface area contributed by atoms with Gasteiger partial charge in [0, 0.05) is 18.5 Å². The lowest BCUT2D eigenvalue weighted by Gasteiger charge is -2.21. The molecule has 1 fully saturated rings. The van der Waals surface area contributed by atoms with Crippen molar-refractivity contribution in [3.05, 3.63) is 5.92 Å². The Morgan fingerprint density at radius 1 is 1.36 bits per heavy atom. The molecule has 0 bridgehead atoms. The van der Waals surface area contributed by atoms with Gasteiger partial charge in [-0.2, -0.15) is 11.8 Å². The minimum Gasteiger partial charge on any atom is -0.381 e. The second kappa shape index (κ2) is 5.04. The summed E-state index contributed by atoms with van der Waals surface area (Å²) >= 11 is 2.09. The molecule has 1 aliphatic heterocycles. The van der Waals surface area contributed by atoms with E-state index in [4.69, 9.17) is 4.74 Å². The van der Waals surface area contributed by atoms with Gasteiger partial charge in [0.15, 0.2) is 0 Å². The predicted molar refractivity (Wildman–Crippen MR) is 50.9 cm³/mol. The topological polar surface area (TPSA) is 9.23 Å². The molecule has 0 aromatic heterocycles. The Kier molecular flexibility index (Phi) is 4.31. The summed E-state index contributed by atoms with van der Waals surface area (Å²) in [5.74, 6) is 2.76. The molecular formula is C9H17OS. The fourth-order valence-corrected chi connectivity index (χ4v) is 2.22. The van der Waals surface area contributed by atoms with Crippen LogP contribution >= 0.6 is 11.8 Å². The first-order chi connectivity index (χ1) is 5.29. The number of ether oxygens (including phenoxy) is 1. The maximum atomic E-state index is 5.29. The third-order valence-corrected chi connectivity index (χ3v) is 3.46. The number of rotatable bonds is 3. The summed E-state index contributed by atoms with van der Waals surface area (Å²) in [6.07, 6.45) is 2.50. The minimum atomic E-state index is 0.860. The highest BCUT2D eigenvalue weighted by Crippen LogP contribution is 2.24. The van der Waals surface area contributed by atoms with Gasteiger partial charge in [-0.25, -0.2) is 0 Å². The van der Waals surface area contributed by atoms with Gasteiger partial charge < -0.3 is 4.74 Å². The van der Waals surface area contributed by atoms with Crippen LogP contribution in [0.3, 0.4) is 0 Å². The molecule has 1 aliphatic rings. The Bertz CT molecular complexity index is 97.7. The minimum absolute atomic E-state index is 0.860. The Morgan fingerprint density at radius 3 is 2.55 bits per heavy atom. The molecule has 0 amide bonds. The van der Waals surface area contributed by atoms with Crippen LogP contribution in [0.4, 0.5) is 0 Å². The van der Waals surface area contributed by atoms with Gasteiger partial charge >= 0.3 is 0 Å². The van der Waals surface area contributed by atoms with E-state index in [1.54, 1.807) is 0 Å². The van der Waals surface area contributed by atoms with Crippen LogP contribution in [-0.4, -0.2) is 24.2 Å². The molecule has 0 unspecified atom stereocenters. The van der Waals surface area contributed by atoms with E-state index >= 15 is 0 Å². The molecule has 65 valence electrons. The maximum Gasteiger partial charge on any atom is 0.0476 e. The zero-order valence-corrected chi connectivity index (χ0v) is 8.25. The van der Waals surface area contributed by atoms with Crippen LogP contribution in [0, 0.1) is 5.92 Å². The van der Waals surface area contributed by atoms with Gasteiger partial charge in [0.25, 0.3) is 0 Å². The van der Waals surface area contributed by atoms with Crippen molar-refractivity contribution in [2.24, 2.45) is 0 Å². The van der Waals surface area contributed by atoms with Gasteiger partial charge in [-0.15, -0.1) is 0 Å².